The van der Waals surface area contributed by atoms with E-state index in [-0.39, 0.29) is 11.3 Å². The van der Waals surface area contributed by atoms with Crippen LogP contribution in [-0.2, 0) is 15.5 Å². The van der Waals surface area contributed by atoms with Gasteiger partial charge >= 0.3 is 0 Å². The zero-order valence-electron chi connectivity index (χ0n) is 7.49. The summed E-state index contributed by atoms with van der Waals surface area (Å²) in [6.45, 7) is 0.579. The van der Waals surface area contributed by atoms with Crippen molar-refractivity contribution in [3.63, 3.8) is 0 Å². The lowest BCUT2D eigenvalue weighted by Gasteiger charge is -2.14. The van der Waals surface area contributed by atoms with Crippen LogP contribution in [0.1, 0.15) is 19.3 Å². The number of methoxy groups -OCH3 is 1. The van der Waals surface area contributed by atoms with Gasteiger partial charge in [-0.05, 0) is 12.8 Å². The van der Waals surface area contributed by atoms with Gasteiger partial charge in [-0.2, -0.15) is 0 Å². The first kappa shape index (κ1) is 10.2. The molecule has 0 heterocycles. The van der Waals surface area contributed by atoms with Crippen molar-refractivity contribution in [3.8, 4) is 0 Å². The Morgan fingerprint density at radius 3 is 2.83 bits per heavy atom. The molecular formula is C8H17NO2S. The van der Waals surface area contributed by atoms with Gasteiger partial charge in [-0.3, -0.25) is 4.21 Å². The van der Waals surface area contributed by atoms with Gasteiger partial charge in [-0.25, -0.2) is 0 Å². The van der Waals surface area contributed by atoms with Crippen molar-refractivity contribution in [1.29, 1.82) is 0 Å². The van der Waals surface area contributed by atoms with E-state index < -0.39 is 10.8 Å². The summed E-state index contributed by atoms with van der Waals surface area (Å²) in [6, 6.07) is 0.155. The van der Waals surface area contributed by atoms with E-state index in [1.54, 1.807) is 7.11 Å². The Bertz CT molecular complexity index is 163. The molecule has 3 unspecified atom stereocenters. The first-order valence-corrected chi connectivity index (χ1v) is 5.75. The smallest absolute Gasteiger partial charge is 0.0577 e. The second-order valence-corrected chi connectivity index (χ2v) is 4.99. The fourth-order valence-electron chi connectivity index (χ4n) is 1.60. The topological polar surface area (TPSA) is 52.3 Å². The van der Waals surface area contributed by atoms with Crippen LogP contribution in [0.3, 0.4) is 0 Å². The van der Waals surface area contributed by atoms with Crippen LogP contribution in [0.4, 0.5) is 0 Å². The molecule has 0 bridgehead atoms. The molecule has 0 amide bonds. The second kappa shape index (κ2) is 4.94. The molecule has 1 rings (SSSR count). The summed E-state index contributed by atoms with van der Waals surface area (Å²) in [7, 11) is 0.855. The minimum absolute atomic E-state index is 0.155. The van der Waals surface area contributed by atoms with Crippen LogP contribution in [0.15, 0.2) is 0 Å². The highest BCUT2D eigenvalue weighted by molar-refractivity contribution is 7.85. The van der Waals surface area contributed by atoms with Gasteiger partial charge in [0.2, 0.25) is 0 Å². The molecule has 1 aliphatic rings. The quantitative estimate of drug-likeness (QED) is 0.693. The predicted molar refractivity (Wildman–Crippen MR) is 50.5 cm³/mol. The highest BCUT2D eigenvalue weighted by atomic mass is 32.2. The number of rotatable bonds is 4. The molecule has 3 nitrogen and oxygen atoms in total. The van der Waals surface area contributed by atoms with Crippen LogP contribution < -0.4 is 5.73 Å². The van der Waals surface area contributed by atoms with E-state index in [1.807, 2.05) is 0 Å². The Balaban J connectivity index is 2.30. The Kier molecular flexibility index (Phi) is 4.18. The molecule has 0 spiro atoms. The minimum atomic E-state index is -0.775. The highest BCUT2D eigenvalue weighted by Crippen LogP contribution is 2.22. The molecule has 0 radical (unpaired) electrons. The molecular weight excluding hydrogens is 174 g/mol. The molecule has 2 N–H and O–H groups in total. The molecule has 1 fully saturated rings. The van der Waals surface area contributed by atoms with Crippen LogP contribution in [0.2, 0.25) is 0 Å². The van der Waals surface area contributed by atoms with Crippen LogP contribution in [0.25, 0.3) is 0 Å². The molecule has 1 aliphatic carbocycles. The van der Waals surface area contributed by atoms with Crippen molar-refractivity contribution in [2.45, 2.75) is 30.6 Å². The van der Waals surface area contributed by atoms with Crippen molar-refractivity contribution in [3.05, 3.63) is 0 Å². The summed E-state index contributed by atoms with van der Waals surface area (Å²) >= 11 is 0. The Morgan fingerprint density at radius 1 is 1.58 bits per heavy atom. The Labute approximate surface area is 76.1 Å². The lowest BCUT2D eigenvalue weighted by molar-refractivity contribution is 0.218. The maximum Gasteiger partial charge on any atom is 0.0577 e. The number of ether oxygens (including phenoxy) is 1. The lowest BCUT2D eigenvalue weighted by atomic mass is 10.3. The summed E-state index contributed by atoms with van der Waals surface area (Å²) < 4.78 is 16.4. The van der Waals surface area contributed by atoms with Gasteiger partial charge < -0.3 is 10.5 Å². The van der Waals surface area contributed by atoms with Crippen molar-refractivity contribution < 1.29 is 8.95 Å². The highest BCUT2D eigenvalue weighted by Gasteiger charge is 2.28. The van der Waals surface area contributed by atoms with E-state index in [1.165, 1.54) is 0 Å². The standard InChI is InChI=1S/C8H17NO2S/c1-11-5-6-12(10)8-4-2-3-7(8)9/h7-8H,2-6,9H2,1H3. The van der Waals surface area contributed by atoms with Crippen molar-refractivity contribution >= 4 is 10.8 Å². The third-order valence-corrected chi connectivity index (χ3v) is 4.16. The lowest BCUT2D eigenvalue weighted by Crippen LogP contribution is -2.34. The normalized spacial score (nSPS) is 32.2. The number of hydrogen-bond donors (Lipinski definition) is 1. The largest absolute Gasteiger partial charge is 0.384 e. The second-order valence-electron chi connectivity index (χ2n) is 3.21. The van der Waals surface area contributed by atoms with Crippen molar-refractivity contribution in [1.82, 2.24) is 0 Å². The Morgan fingerprint density at radius 2 is 2.33 bits per heavy atom. The van der Waals surface area contributed by atoms with Gasteiger partial charge in [0, 0.05) is 35.0 Å². The number of nitrogens with two attached hydrogens (primary N) is 1. The SMILES string of the molecule is COCCS(=O)C1CCCC1N. The first-order valence-electron chi connectivity index (χ1n) is 4.37. The van der Waals surface area contributed by atoms with E-state index >= 15 is 0 Å². The first-order chi connectivity index (χ1) is 5.75. The molecule has 4 heteroatoms. The average molecular weight is 191 g/mol. The van der Waals surface area contributed by atoms with E-state index in [0.29, 0.717) is 12.4 Å². The van der Waals surface area contributed by atoms with Crippen LogP contribution in [0.5, 0.6) is 0 Å². The van der Waals surface area contributed by atoms with E-state index in [9.17, 15) is 4.21 Å². The predicted octanol–water partition coefficient (Wildman–Crippen LogP) is 0.261. The minimum Gasteiger partial charge on any atom is -0.384 e. The van der Waals surface area contributed by atoms with Crippen molar-refractivity contribution in [2.75, 3.05) is 19.5 Å². The van der Waals surface area contributed by atoms with Crippen LogP contribution in [-0.4, -0.2) is 35.0 Å². The summed E-state index contributed by atoms with van der Waals surface area (Å²) in [5.41, 5.74) is 5.82. The van der Waals surface area contributed by atoms with Crippen LogP contribution in [0, 0.1) is 0 Å². The van der Waals surface area contributed by atoms with Gasteiger partial charge in [0.25, 0.3) is 0 Å². The van der Waals surface area contributed by atoms with E-state index in [2.05, 4.69) is 0 Å². The molecule has 0 aromatic heterocycles. The molecule has 12 heavy (non-hydrogen) atoms. The molecule has 0 aromatic rings. The molecule has 1 saturated carbocycles. The zero-order valence-corrected chi connectivity index (χ0v) is 8.31. The summed E-state index contributed by atoms with van der Waals surface area (Å²) in [4.78, 5) is 0. The number of hydrogen-bond acceptors (Lipinski definition) is 3. The van der Waals surface area contributed by atoms with Gasteiger partial charge in [-0.1, -0.05) is 6.42 Å². The molecule has 72 valence electrons. The van der Waals surface area contributed by atoms with Crippen LogP contribution >= 0.6 is 0 Å². The third-order valence-electron chi connectivity index (χ3n) is 2.33. The summed E-state index contributed by atoms with van der Waals surface area (Å²) in [5, 5.41) is 0.222. The maximum absolute atomic E-state index is 11.6. The average Bonchev–Trinajstić information content (AvgIpc) is 2.47. The van der Waals surface area contributed by atoms with Gasteiger partial charge in [-0.15, -0.1) is 0 Å². The summed E-state index contributed by atoms with van der Waals surface area (Å²) in [6.07, 6.45) is 3.19. The molecule has 3 atom stereocenters. The van der Waals surface area contributed by atoms with E-state index in [0.717, 1.165) is 19.3 Å². The molecule has 0 aliphatic heterocycles. The van der Waals surface area contributed by atoms with Gasteiger partial charge in [0.1, 0.15) is 0 Å². The molecule has 0 aromatic carbocycles. The monoisotopic (exact) mass is 191 g/mol. The zero-order chi connectivity index (χ0) is 8.97. The summed E-state index contributed by atoms with van der Waals surface area (Å²) in [5.74, 6) is 0.634. The van der Waals surface area contributed by atoms with E-state index in [4.69, 9.17) is 10.5 Å². The van der Waals surface area contributed by atoms with Gasteiger partial charge in [0.15, 0.2) is 0 Å². The Hall–Kier alpha value is 0.0700. The van der Waals surface area contributed by atoms with Crippen molar-refractivity contribution in [2.24, 2.45) is 5.73 Å². The molecule has 0 saturated heterocycles. The fourth-order valence-corrected chi connectivity index (χ4v) is 3.19. The maximum atomic E-state index is 11.6. The van der Waals surface area contributed by atoms with Gasteiger partial charge in [0.05, 0.1) is 6.61 Å². The third kappa shape index (κ3) is 2.54. The fraction of sp³-hybridized carbons (Fsp3) is 1.00.